The molecule has 1 aliphatic heterocycles. The molecule has 5 N–H and O–H groups in total. The van der Waals surface area contributed by atoms with Crippen LogP contribution < -0.4 is 21.0 Å². The van der Waals surface area contributed by atoms with E-state index in [1.807, 2.05) is 0 Å². The van der Waals surface area contributed by atoms with E-state index in [9.17, 15) is 0 Å². The van der Waals surface area contributed by atoms with Gasteiger partial charge in [0.15, 0.2) is 12.2 Å². The van der Waals surface area contributed by atoms with E-state index < -0.39 is 0 Å². The van der Waals surface area contributed by atoms with Gasteiger partial charge in [-0.15, -0.1) is 0 Å². The molecule has 5 unspecified atom stereocenters. The van der Waals surface area contributed by atoms with Crippen molar-refractivity contribution in [2.24, 2.45) is 28.5 Å². The van der Waals surface area contributed by atoms with Crippen molar-refractivity contribution in [1.82, 2.24) is 15.5 Å². The summed E-state index contributed by atoms with van der Waals surface area (Å²) in [6.45, 7) is 11.6. The second kappa shape index (κ2) is 13.1. The van der Waals surface area contributed by atoms with E-state index in [4.69, 9.17) is 5.73 Å². The van der Waals surface area contributed by atoms with Crippen LogP contribution >= 0.6 is 9.39 Å². The van der Waals surface area contributed by atoms with Crippen molar-refractivity contribution in [2.45, 2.75) is 84.5 Å². The standard InChI is InChI=1S/C22H47N6P/c1-5-7-18(14-19-8-6-9-20(15-19)26-21(23)24-4)10-12-28(29)22-25-11-13-27(22)16-17(2)3/h17-20,22,25,28-29H,5-16H2,1-4H3,(H3,23,24,26). The van der Waals surface area contributed by atoms with Gasteiger partial charge in [0.05, 0.1) is 6.54 Å². The van der Waals surface area contributed by atoms with Gasteiger partial charge in [0.25, 0.3) is 0 Å². The summed E-state index contributed by atoms with van der Waals surface area (Å²) >= 11 is 0. The largest absolute Gasteiger partial charge is 0.447 e. The summed E-state index contributed by atoms with van der Waals surface area (Å²) in [6.07, 6.45) is 10.9. The Balaban J connectivity index is 1.81. The molecule has 5 atom stereocenters. The third-order valence-corrected chi connectivity index (χ3v) is 7.12. The minimum absolute atomic E-state index is 0.413. The summed E-state index contributed by atoms with van der Waals surface area (Å²) in [5.74, 6) is 2.95. The molecule has 1 aliphatic carbocycles. The first kappa shape index (κ1) is 24.8. The highest BCUT2D eigenvalue weighted by Gasteiger charge is 2.29. The van der Waals surface area contributed by atoms with Crippen LogP contribution in [0.1, 0.15) is 72.1 Å². The molecule has 0 aromatic carbocycles. The van der Waals surface area contributed by atoms with Crippen LogP contribution in [-0.2, 0) is 0 Å². The van der Waals surface area contributed by atoms with Crippen molar-refractivity contribution in [1.29, 1.82) is 0 Å². The van der Waals surface area contributed by atoms with E-state index in [1.54, 1.807) is 7.05 Å². The Labute approximate surface area is 182 Å². The van der Waals surface area contributed by atoms with Gasteiger partial charge in [0.1, 0.15) is 0 Å². The Hall–Kier alpha value is -0.420. The second-order valence-corrected chi connectivity index (χ2v) is 10.3. The molecule has 0 amide bonds. The molecule has 2 aliphatic rings. The number of hydrogen-bond donors (Lipinski definition) is 4. The number of nitrogens with two attached hydrogens (primary N) is 1. The van der Waals surface area contributed by atoms with Gasteiger partial charge in [-0.2, -0.15) is 0 Å². The molecule has 0 spiro atoms. The van der Waals surface area contributed by atoms with Crippen molar-refractivity contribution in [3.05, 3.63) is 0 Å². The van der Waals surface area contributed by atoms with E-state index in [0.29, 0.717) is 24.2 Å². The summed E-state index contributed by atoms with van der Waals surface area (Å²) in [7, 11) is 5.78. The van der Waals surface area contributed by atoms with Gasteiger partial charge in [-0.05, 0) is 43.4 Å². The number of rotatable bonds is 11. The lowest BCUT2D eigenvalue weighted by Crippen LogP contribution is -3.10. The van der Waals surface area contributed by atoms with Crippen molar-refractivity contribution >= 4 is 15.4 Å². The van der Waals surface area contributed by atoms with Gasteiger partial charge >= 0.3 is 0 Å². The number of aliphatic imine (C=N–C) groups is 1. The Morgan fingerprint density at radius 2 is 2.14 bits per heavy atom. The zero-order valence-corrected chi connectivity index (χ0v) is 20.3. The van der Waals surface area contributed by atoms with Crippen LogP contribution in [0.5, 0.6) is 0 Å². The van der Waals surface area contributed by atoms with E-state index >= 15 is 0 Å². The Morgan fingerprint density at radius 3 is 2.83 bits per heavy atom. The quantitative estimate of drug-likeness (QED) is 0.232. The van der Waals surface area contributed by atoms with E-state index in [1.165, 1.54) is 69.1 Å². The summed E-state index contributed by atoms with van der Waals surface area (Å²) in [4.78, 5) is 6.67. The van der Waals surface area contributed by atoms with Crippen molar-refractivity contribution in [2.75, 3.05) is 33.2 Å². The summed E-state index contributed by atoms with van der Waals surface area (Å²) in [5, 5.41) is 7.10. The first-order valence-electron chi connectivity index (χ1n) is 12.0. The molecule has 2 rings (SSSR count). The number of nitrogens with zero attached hydrogens (tertiary/aromatic N) is 2. The zero-order chi connectivity index (χ0) is 21.2. The number of quaternary nitrogens is 1. The molecule has 1 saturated heterocycles. The average molecular weight is 427 g/mol. The molecule has 29 heavy (non-hydrogen) atoms. The maximum Gasteiger partial charge on any atom is 0.188 e. The molecule has 6 nitrogen and oxygen atoms in total. The van der Waals surface area contributed by atoms with Crippen molar-refractivity contribution in [3.63, 3.8) is 0 Å². The average Bonchev–Trinajstić information content (AvgIpc) is 3.13. The monoisotopic (exact) mass is 426 g/mol. The van der Waals surface area contributed by atoms with Crippen LogP contribution in [0.3, 0.4) is 0 Å². The van der Waals surface area contributed by atoms with Gasteiger partial charge < -0.3 is 15.7 Å². The lowest BCUT2D eigenvalue weighted by Gasteiger charge is -2.37. The second-order valence-electron chi connectivity index (χ2n) is 9.68. The molecule has 0 aromatic heterocycles. The minimum Gasteiger partial charge on any atom is -0.447 e. The van der Waals surface area contributed by atoms with Crippen molar-refractivity contribution < 1.29 is 4.67 Å². The maximum atomic E-state index is 5.90. The molecule has 0 radical (unpaired) electrons. The molecule has 2 fully saturated rings. The lowest BCUT2D eigenvalue weighted by molar-refractivity contribution is -0.809. The minimum atomic E-state index is 0.413. The predicted molar refractivity (Wildman–Crippen MR) is 126 cm³/mol. The van der Waals surface area contributed by atoms with Crippen molar-refractivity contribution in [3.8, 4) is 0 Å². The van der Waals surface area contributed by atoms with E-state index in [0.717, 1.165) is 24.9 Å². The van der Waals surface area contributed by atoms with Crippen LogP contribution in [0.4, 0.5) is 0 Å². The van der Waals surface area contributed by atoms with E-state index in [-0.39, 0.29) is 0 Å². The Morgan fingerprint density at radius 1 is 1.34 bits per heavy atom. The van der Waals surface area contributed by atoms with Gasteiger partial charge in [-0.3, -0.25) is 19.7 Å². The fraction of sp³-hybridized carbons (Fsp3) is 0.955. The van der Waals surface area contributed by atoms with Gasteiger partial charge in [0.2, 0.25) is 0 Å². The molecular formula is C22H47N6P. The maximum absolute atomic E-state index is 5.90. The topological polar surface area (TPSA) is 70.1 Å². The Bertz CT molecular complexity index is 486. The van der Waals surface area contributed by atoms with Crippen LogP contribution in [0.2, 0.25) is 0 Å². The molecule has 1 heterocycles. The normalized spacial score (nSPS) is 28.6. The van der Waals surface area contributed by atoms with Gasteiger partial charge in [-0.1, -0.05) is 46.5 Å². The number of guanidine groups is 1. The first-order valence-corrected chi connectivity index (χ1v) is 12.5. The van der Waals surface area contributed by atoms with Gasteiger partial charge in [-0.25, -0.2) is 4.90 Å². The lowest BCUT2D eigenvalue weighted by atomic mass is 9.78. The fourth-order valence-electron chi connectivity index (χ4n) is 5.28. The molecule has 0 bridgehead atoms. The highest BCUT2D eigenvalue weighted by Crippen LogP contribution is 2.32. The molecular weight excluding hydrogens is 379 g/mol. The molecule has 170 valence electrons. The zero-order valence-electron chi connectivity index (χ0n) is 19.3. The molecule has 7 heteroatoms. The van der Waals surface area contributed by atoms with Crippen LogP contribution in [0.15, 0.2) is 4.99 Å². The SMILES string of the molecule is CCCC(CC[NH+]([PH-])C1NCCN1CC(C)C)CC1CCCC(NC(N)=NC)C1. The molecule has 0 aromatic rings. The third-order valence-electron chi connectivity index (χ3n) is 6.59. The number of nitrogens with one attached hydrogen (secondary N) is 3. The van der Waals surface area contributed by atoms with Crippen LogP contribution in [-0.4, -0.2) is 56.4 Å². The highest BCUT2D eigenvalue weighted by molar-refractivity contribution is 7.07. The third kappa shape index (κ3) is 8.69. The summed E-state index contributed by atoms with van der Waals surface area (Å²) < 4.78 is 1.44. The van der Waals surface area contributed by atoms with E-state index in [2.05, 4.69) is 50.7 Å². The number of hydrogen-bond acceptors (Lipinski definition) is 3. The highest BCUT2D eigenvalue weighted by atomic mass is 31.0. The summed E-state index contributed by atoms with van der Waals surface area (Å²) in [5.41, 5.74) is 5.90. The van der Waals surface area contributed by atoms with Crippen LogP contribution in [0.25, 0.3) is 0 Å². The van der Waals surface area contributed by atoms with Gasteiger partial charge in [0, 0.05) is 32.7 Å². The smallest absolute Gasteiger partial charge is 0.188 e. The Kier molecular flexibility index (Phi) is 11.2. The first-order chi connectivity index (χ1) is 13.9. The predicted octanol–water partition coefficient (Wildman–Crippen LogP) is 2.06. The fourth-order valence-corrected chi connectivity index (χ4v) is 5.71. The molecule has 1 saturated carbocycles. The van der Waals surface area contributed by atoms with Crippen LogP contribution in [0, 0.1) is 17.8 Å². The summed E-state index contributed by atoms with van der Waals surface area (Å²) in [6, 6.07) is 0.505.